The molecule has 0 unspecified atom stereocenters. The van der Waals surface area contributed by atoms with Crippen LogP contribution in [-0.2, 0) is 9.59 Å². The summed E-state index contributed by atoms with van der Waals surface area (Å²) >= 11 is 7.36. The van der Waals surface area contributed by atoms with Crippen molar-refractivity contribution in [2.45, 2.75) is 18.9 Å². The molecule has 5 N–H and O–H groups in total. The van der Waals surface area contributed by atoms with Gasteiger partial charge in [-0.25, -0.2) is 0 Å². The highest BCUT2D eigenvalue weighted by Crippen LogP contribution is 1.80. The maximum atomic E-state index is 9.55. The summed E-state index contributed by atoms with van der Waals surface area (Å²) in [5.74, 6) is -0.722. The number of rotatable bonds is 6. The highest BCUT2D eigenvalue weighted by Gasteiger charge is 1.93. The van der Waals surface area contributed by atoms with Crippen LogP contribution in [0.3, 0.4) is 0 Å². The fourth-order valence-electron chi connectivity index (χ4n) is 0.249. The van der Waals surface area contributed by atoms with Crippen LogP contribution < -0.4 is 0 Å². The Kier molecular flexibility index (Phi) is 23.8. The van der Waals surface area contributed by atoms with E-state index in [-0.39, 0.29) is 26.1 Å². The predicted molar refractivity (Wildman–Crippen MR) is 72.4 cm³/mol. The van der Waals surface area contributed by atoms with E-state index in [1.54, 1.807) is 0 Å². The van der Waals surface area contributed by atoms with Crippen LogP contribution in [0.4, 0.5) is 0 Å². The number of hydrogen-bond acceptors (Lipinski definition) is 7. The number of aliphatic hydroxyl groups excluding tert-OH is 3. The highest BCUT2D eigenvalue weighted by molar-refractivity contribution is 7.80. The second-order valence-corrected chi connectivity index (χ2v) is 3.65. The minimum atomic E-state index is -0.954. The molecule has 0 aliphatic carbocycles. The minimum Gasteiger partial charge on any atom is -0.481 e. The zero-order valence-corrected chi connectivity index (χ0v) is 11.6. The Hall–Kier alpha value is -0.480. The van der Waals surface area contributed by atoms with Crippen molar-refractivity contribution >= 4 is 37.2 Å². The Bertz CT molecular complexity index is 181. The monoisotopic (exact) mass is 304 g/mol. The number of hydrogen-bond donors (Lipinski definition) is 7. The average Bonchev–Trinajstić information content (AvgIpc) is 2.29. The smallest absolute Gasteiger partial charge is 0.304 e. The summed E-state index contributed by atoms with van der Waals surface area (Å²) in [5, 5.41) is 39.7. The van der Waals surface area contributed by atoms with Crippen molar-refractivity contribution in [2.75, 3.05) is 24.7 Å². The van der Waals surface area contributed by atoms with Gasteiger partial charge < -0.3 is 25.5 Å². The van der Waals surface area contributed by atoms with Gasteiger partial charge in [0.15, 0.2) is 0 Å². The number of carboxylic acids is 2. The Morgan fingerprint density at radius 2 is 1.17 bits per heavy atom. The largest absolute Gasteiger partial charge is 0.481 e. The molecule has 7 nitrogen and oxygen atoms in total. The van der Waals surface area contributed by atoms with E-state index in [1.807, 2.05) is 0 Å². The van der Waals surface area contributed by atoms with Gasteiger partial charge in [0.25, 0.3) is 0 Å². The van der Waals surface area contributed by atoms with Gasteiger partial charge in [0.2, 0.25) is 0 Å². The lowest BCUT2D eigenvalue weighted by molar-refractivity contribution is -0.137. The van der Waals surface area contributed by atoms with Gasteiger partial charge in [0.05, 0.1) is 26.1 Å². The Balaban J connectivity index is -0.000000187. The summed E-state index contributed by atoms with van der Waals surface area (Å²) in [7, 11) is 0. The van der Waals surface area contributed by atoms with Gasteiger partial charge in [-0.3, -0.25) is 9.59 Å². The SMILES string of the molecule is O=C(O)CCS.O=C(O)CCS.OCC(O)CO. The zero-order valence-electron chi connectivity index (χ0n) is 9.77. The molecule has 0 fully saturated rings. The molecule has 0 aromatic rings. The Morgan fingerprint density at radius 3 is 1.17 bits per heavy atom. The van der Waals surface area contributed by atoms with Crippen LogP contribution in [0.1, 0.15) is 12.8 Å². The van der Waals surface area contributed by atoms with Gasteiger partial charge in [-0.1, -0.05) is 0 Å². The third kappa shape index (κ3) is 36.1. The molecule has 18 heavy (non-hydrogen) atoms. The fraction of sp³-hybridized carbons (Fsp3) is 0.778. The third-order valence-electron chi connectivity index (χ3n) is 1.07. The topological polar surface area (TPSA) is 135 Å². The molecule has 0 atom stereocenters. The maximum Gasteiger partial charge on any atom is 0.304 e. The average molecular weight is 304 g/mol. The summed E-state index contributed by atoms with van der Waals surface area (Å²) < 4.78 is 0. The zero-order chi connectivity index (χ0) is 15.0. The van der Waals surface area contributed by atoms with E-state index >= 15 is 0 Å². The van der Waals surface area contributed by atoms with Crippen LogP contribution in [0.5, 0.6) is 0 Å². The van der Waals surface area contributed by atoms with Crippen molar-refractivity contribution < 1.29 is 35.1 Å². The van der Waals surface area contributed by atoms with Crippen LogP contribution in [0.2, 0.25) is 0 Å². The summed E-state index contributed by atoms with van der Waals surface area (Å²) in [5.41, 5.74) is 0. The molecular formula is C9H20O7S2. The van der Waals surface area contributed by atoms with Crippen molar-refractivity contribution in [3.05, 3.63) is 0 Å². The highest BCUT2D eigenvalue weighted by atomic mass is 32.1. The van der Waals surface area contributed by atoms with E-state index in [4.69, 9.17) is 25.5 Å². The van der Waals surface area contributed by atoms with Crippen molar-refractivity contribution in [1.82, 2.24) is 0 Å². The van der Waals surface area contributed by atoms with Crippen LogP contribution in [-0.4, -0.2) is 68.3 Å². The van der Waals surface area contributed by atoms with Crippen LogP contribution in [0, 0.1) is 0 Å². The van der Waals surface area contributed by atoms with E-state index in [0.29, 0.717) is 11.5 Å². The number of aliphatic carboxylic acids is 2. The van der Waals surface area contributed by atoms with Crippen molar-refractivity contribution in [3.8, 4) is 0 Å². The number of carbonyl (C=O) groups is 2. The Labute approximate surface area is 116 Å². The molecule has 0 bridgehead atoms. The van der Waals surface area contributed by atoms with E-state index in [9.17, 15) is 9.59 Å². The third-order valence-corrected chi connectivity index (χ3v) is 1.52. The molecule has 0 heterocycles. The molecule has 0 aliphatic rings. The summed E-state index contributed by atoms with van der Waals surface area (Å²) in [4.78, 5) is 19.1. The molecule has 0 spiro atoms. The molecule has 0 rings (SSSR count). The van der Waals surface area contributed by atoms with Crippen LogP contribution in [0.15, 0.2) is 0 Å². The first kappa shape index (κ1) is 22.7. The van der Waals surface area contributed by atoms with E-state index in [2.05, 4.69) is 25.3 Å². The molecule has 9 heteroatoms. The molecule has 0 aromatic heterocycles. The number of carboxylic acid groups (broad SMARTS) is 2. The van der Waals surface area contributed by atoms with E-state index in [1.165, 1.54) is 0 Å². The van der Waals surface area contributed by atoms with E-state index in [0.717, 1.165) is 0 Å². The van der Waals surface area contributed by atoms with Gasteiger partial charge in [0.1, 0.15) is 6.10 Å². The summed E-state index contributed by atoms with van der Waals surface area (Å²) in [6.45, 7) is -0.729. The fourth-order valence-corrected chi connectivity index (χ4v) is 0.632. The summed E-state index contributed by atoms with van der Waals surface area (Å²) in [6.07, 6.45) is -0.642. The quantitative estimate of drug-likeness (QED) is 0.316. The van der Waals surface area contributed by atoms with Crippen molar-refractivity contribution in [1.29, 1.82) is 0 Å². The van der Waals surface area contributed by atoms with Crippen molar-refractivity contribution in [2.24, 2.45) is 0 Å². The molecule has 110 valence electrons. The van der Waals surface area contributed by atoms with Gasteiger partial charge in [-0.15, -0.1) is 0 Å². The minimum absolute atomic E-state index is 0.156. The Morgan fingerprint density at radius 1 is 0.889 bits per heavy atom. The maximum absolute atomic E-state index is 9.55. The standard InChI is InChI=1S/C3H8O3.2C3H6O2S/c4-1-3(6)2-5;2*4-3(5)1-2-6/h3-6H,1-2H2;2*6H,1-2H2,(H,4,5). The molecular weight excluding hydrogens is 284 g/mol. The first-order chi connectivity index (χ1) is 8.35. The lowest BCUT2D eigenvalue weighted by Gasteiger charge is -1.96. The second-order valence-electron chi connectivity index (χ2n) is 2.75. The normalized spacial score (nSPS) is 8.78. The van der Waals surface area contributed by atoms with Crippen LogP contribution >= 0.6 is 25.3 Å². The van der Waals surface area contributed by atoms with Gasteiger partial charge in [-0.05, 0) is 0 Å². The summed E-state index contributed by atoms with van der Waals surface area (Å²) in [6, 6.07) is 0. The first-order valence-electron chi connectivity index (χ1n) is 4.90. The molecule has 0 amide bonds. The van der Waals surface area contributed by atoms with E-state index < -0.39 is 18.0 Å². The van der Waals surface area contributed by atoms with Crippen LogP contribution in [0.25, 0.3) is 0 Å². The molecule has 0 saturated carbocycles. The predicted octanol–water partition coefficient (Wildman–Crippen LogP) is -0.886. The lowest BCUT2D eigenvalue weighted by Crippen LogP contribution is -2.15. The molecule has 0 saturated heterocycles. The number of aliphatic hydroxyl groups is 3. The second kappa shape index (κ2) is 18.9. The van der Waals surface area contributed by atoms with Gasteiger partial charge in [-0.2, -0.15) is 25.3 Å². The molecule has 0 radical (unpaired) electrons. The first-order valence-corrected chi connectivity index (χ1v) is 6.17. The molecule has 0 aromatic carbocycles. The molecule has 0 aliphatic heterocycles. The van der Waals surface area contributed by atoms with Gasteiger partial charge in [0, 0.05) is 11.5 Å². The number of thiol groups is 2. The van der Waals surface area contributed by atoms with Gasteiger partial charge >= 0.3 is 11.9 Å². The van der Waals surface area contributed by atoms with Crippen molar-refractivity contribution in [3.63, 3.8) is 0 Å². The lowest BCUT2D eigenvalue weighted by atomic mass is 10.4.